The minimum atomic E-state index is -4.45. The molecule has 1 aromatic rings. The second kappa shape index (κ2) is 17.1. The number of benzene rings is 1. The van der Waals surface area contributed by atoms with Gasteiger partial charge < -0.3 is 33.5 Å². The summed E-state index contributed by atoms with van der Waals surface area (Å²) in [6, 6.07) is 5.61. The molecule has 1 saturated heterocycles. The summed E-state index contributed by atoms with van der Waals surface area (Å²) in [4.78, 5) is 60.9. The first kappa shape index (κ1) is 36.7. The first-order valence-corrected chi connectivity index (χ1v) is 15.6. The van der Waals surface area contributed by atoms with E-state index in [9.17, 15) is 28.5 Å². The Morgan fingerprint density at radius 1 is 0.909 bits per heavy atom. The lowest BCUT2D eigenvalue weighted by Crippen LogP contribution is -2.66. The van der Waals surface area contributed by atoms with Crippen LogP contribution in [0.1, 0.15) is 54.9 Å². The molecule has 7 atom stereocenters. The van der Waals surface area contributed by atoms with Crippen molar-refractivity contribution in [2.24, 2.45) is 5.92 Å². The molecule has 0 aromatic heterocycles. The van der Waals surface area contributed by atoms with Gasteiger partial charge in [0.25, 0.3) is 0 Å². The molecular formula is C28H41N2O13P. The fraction of sp³-hybridized carbons (Fsp3) is 0.607. The zero-order valence-corrected chi connectivity index (χ0v) is 26.7. The Kier molecular flexibility index (Phi) is 14.2. The van der Waals surface area contributed by atoms with Crippen LogP contribution < -0.4 is 14.9 Å². The molecule has 1 aliphatic rings. The molecule has 246 valence electrons. The van der Waals surface area contributed by atoms with Crippen LogP contribution in [0.15, 0.2) is 30.3 Å². The van der Waals surface area contributed by atoms with Gasteiger partial charge in [-0.05, 0) is 31.4 Å². The molecule has 1 heterocycles. The van der Waals surface area contributed by atoms with Gasteiger partial charge in [0.2, 0.25) is 12.2 Å². The average Bonchev–Trinajstić information content (AvgIpc) is 2.90. The van der Waals surface area contributed by atoms with Gasteiger partial charge in [-0.25, -0.2) is 4.57 Å². The zero-order valence-electron chi connectivity index (χ0n) is 25.8. The molecule has 2 N–H and O–H groups in total. The Morgan fingerprint density at radius 3 is 2.02 bits per heavy atom. The van der Waals surface area contributed by atoms with Crippen LogP contribution >= 0.6 is 7.75 Å². The summed E-state index contributed by atoms with van der Waals surface area (Å²) < 4.78 is 52.9. The SMILES string of the molecule is CCOC(=O)C(CC(C)C)NP(=O)(OC[C@H]1OC(OC(C)=O)[C@@H](NC(C)=O)[C@@H](OC(C)=O)[C@@H]1OC(C)=O)Oc1ccccc1. The number of nitrogens with one attached hydrogen (secondary N) is 2. The summed E-state index contributed by atoms with van der Waals surface area (Å²) in [5.74, 6) is -3.59. The lowest BCUT2D eigenvalue weighted by Gasteiger charge is -2.44. The summed E-state index contributed by atoms with van der Waals surface area (Å²) >= 11 is 0. The first-order valence-electron chi connectivity index (χ1n) is 14.0. The fourth-order valence-corrected chi connectivity index (χ4v) is 5.86. The van der Waals surface area contributed by atoms with Gasteiger partial charge in [0.05, 0.1) is 13.2 Å². The zero-order chi connectivity index (χ0) is 33.0. The third-order valence-corrected chi connectivity index (χ3v) is 7.44. The second-order valence-corrected chi connectivity index (χ2v) is 12.0. The number of esters is 4. The third-order valence-electron chi connectivity index (χ3n) is 5.87. The lowest BCUT2D eigenvalue weighted by atomic mass is 9.96. The quantitative estimate of drug-likeness (QED) is 0.161. The van der Waals surface area contributed by atoms with Crippen LogP contribution in [-0.4, -0.2) is 79.7 Å². The maximum Gasteiger partial charge on any atom is 0.459 e. The highest BCUT2D eigenvalue weighted by atomic mass is 31.2. The summed E-state index contributed by atoms with van der Waals surface area (Å²) in [7, 11) is -4.45. The maximum atomic E-state index is 14.2. The molecule has 3 unspecified atom stereocenters. The standard InChI is InChI=1S/C28H41N2O13P/c1-8-37-27(35)22(14-16(2)3)30-44(36,43-21-12-10-9-11-13-21)38-15-23-25(39-18(5)32)26(40-19(6)33)24(29-17(4)31)28(42-23)41-20(7)34/h9-13,16,22-26,28H,8,14-15H2,1-7H3,(H,29,31)(H,30,36)/t22?,23-,24+,25-,26-,28?,44?/m1/s1. The van der Waals surface area contributed by atoms with E-state index < -0.39 is 80.8 Å². The van der Waals surface area contributed by atoms with Gasteiger partial charge in [-0.1, -0.05) is 32.0 Å². The molecule has 1 aliphatic heterocycles. The number of carbonyl (C=O) groups excluding carboxylic acids is 5. The number of hydrogen-bond acceptors (Lipinski definition) is 13. The van der Waals surface area contributed by atoms with Gasteiger partial charge in [-0.3, -0.25) is 28.5 Å². The Hall–Kier alpha value is -3.52. The van der Waals surface area contributed by atoms with E-state index in [-0.39, 0.29) is 24.7 Å². The highest BCUT2D eigenvalue weighted by Crippen LogP contribution is 2.46. The van der Waals surface area contributed by atoms with Gasteiger partial charge in [0.1, 0.15) is 23.9 Å². The molecule has 2 rings (SSSR count). The minimum absolute atomic E-state index is 0.0307. The number of rotatable bonds is 15. The Morgan fingerprint density at radius 2 is 1.50 bits per heavy atom. The number of amides is 1. The average molecular weight is 645 g/mol. The van der Waals surface area contributed by atoms with E-state index in [1.807, 2.05) is 13.8 Å². The molecule has 0 bridgehead atoms. The van der Waals surface area contributed by atoms with E-state index in [2.05, 4.69) is 10.4 Å². The van der Waals surface area contributed by atoms with E-state index in [1.54, 1.807) is 25.1 Å². The lowest BCUT2D eigenvalue weighted by molar-refractivity contribution is -0.268. The van der Waals surface area contributed by atoms with Gasteiger partial charge >= 0.3 is 31.6 Å². The Labute approximate surface area is 256 Å². The van der Waals surface area contributed by atoms with Crippen molar-refractivity contribution < 1.29 is 61.3 Å². The topological polar surface area (TPSA) is 191 Å². The van der Waals surface area contributed by atoms with Crippen LogP contribution in [-0.2, 0) is 56.7 Å². The van der Waals surface area contributed by atoms with E-state index >= 15 is 0 Å². The van der Waals surface area contributed by atoms with Crippen LogP contribution in [0.2, 0.25) is 0 Å². The Balaban J connectivity index is 2.51. The van der Waals surface area contributed by atoms with E-state index in [1.165, 1.54) is 19.1 Å². The molecule has 16 heteroatoms. The van der Waals surface area contributed by atoms with Crippen molar-refractivity contribution in [3.05, 3.63) is 30.3 Å². The van der Waals surface area contributed by atoms with Gasteiger partial charge in [0, 0.05) is 27.7 Å². The molecule has 1 fully saturated rings. The Bertz CT molecular complexity index is 1200. The summed E-state index contributed by atoms with van der Waals surface area (Å²) in [6.07, 6.45) is -5.60. The smallest absolute Gasteiger partial charge is 0.459 e. The molecule has 0 saturated carbocycles. The fourth-order valence-electron chi connectivity index (χ4n) is 4.34. The number of carbonyl (C=O) groups is 5. The molecule has 44 heavy (non-hydrogen) atoms. The van der Waals surface area contributed by atoms with Gasteiger partial charge in [-0.2, -0.15) is 5.09 Å². The molecule has 0 aliphatic carbocycles. The van der Waals surface area contributed by atoms with Gasteiger partial charge in [0.15, 0.2) is 12.2 Å². The van der Waals surface area contributed by atoms with Crippen LogP contribution in [0, 0.1) is 5.92 Å². The minimum Gasteiger partial charge on any atom is -0.465 e. The first-order chi connectivity index (χ1) is 20.6. The van der Waals surface area contributed by atoms with Crippen molar-refractivity contribution in [2.45, 2.75) is 91.6 Å². The predicted molar refractivity (Wildman–Crippen MR) is 153 cm³/mol. The van der Waals surface area contributed by atoms with Crippen molar-refractivity contribution in [2.75, 3.05) is 13.2 Å². The van der Waals surface area contributed by atoms with E-state index in [4.69, 9.17) is 32.7 Å². The third kappa shape index (κ3) is 11.9. The van der Waals surface area contributed by atoms with Crippen molar-refractivity contribution in [3.8, 4) is 5.75 Å². The van der Waals surface area contributed by atoms with Crippen LogP contribution in [0.5, 0.6) is 5.75 Å². The van der Waals surface area contributed by atoms with Crippen molar-refractivity contribution in [1.29, 1.82) is 0 Å². The number of hydrogen-bond donors (Lipinski definition) is 2. The molecule has 15 nitrogen and oxygen atoms in total. The highest BCUT2D eigenvalue weighted by molar-refractivity contribution is 7.52. The number of ether oxygens (including phenoxy) is 5. The molecular weight excluding hydrogens is 603 g/mol. The summed E-state index contributed by atoms with van der Waals surface area (Å²) in [6.45, 7) is 9.20. The maximum absolute atomic E-state index is 14.2. The largest absolute Gasteiger partial charge is 0.465 e. The molecule has 0 spiro atoms. The molecule has 1 aromatic carbocycles. The number of para-hydroxylation sites is 1. The van der Waals surface area contributed by atoms with Crippen LogP contribution in [0.3, 0.4) is 0 Å². The van der Waals surface area contributed by atoms with Crippen LogP contribution in [0.25, 0.3) is 0 Å². The summed E-state index contributed by atoms with van der Waals surface area (Å²) in [5, 5.41) is 5.15. The monoisotopic (exact) mass is 644 g/mol. The van der Waals surface area contributed by atoms with Crippen molar-refractivity contribution >= 4 is 37.5 Å². The predicted octanol–water partition coefficient (Wildman–Crippen LogP) is 2.41. The van der Waals surface area contributed by atoms with E-state index in [0.717, 1.165) is 20.8 Å². The molecule has 1 amide bonds. The highest BCUT2D eigenvalue weighted by Gasteiger charge is 2.52. The molecule has 0 radical (unpaired) electrons. The summed E-state index contributed by atoms with van der Waals surface area (Å²) in [5.41, 5.74) is 0. The van der Waals surface area contributed by atoms with Crippen molar-refractivity contribution in [1.82, 2.24) is 10.4 Å². The van der Waals surface area contributed by atoms with E-state index in [0.29, 0.717) is 0 Å². The van der Waals surface area contributed by atoms with Crippen molar-refractivity contribution in [3.63, 3.8) is 0 Å². The van der Waals surface area contributed by atoms with Crippen LogP contribution in [0.4, 0.5) is 0 Å². The van der Waals surface area contributed by atoms with Gasteiger partial charge in [-0.15, -0.1) is 0 Å². The normalized spacial score (nSPS) is 23.4. The second-order valence-electron chi connectivity index (χ2n) is 10.3.